The van der Waals surface area contributed by atoms with E-state index in [1.807, 2.05) is 24.3 Å². The first-order valence-corrected chi connectivity index (χ1v) is 6.29. The number of nitrogens with zero attached hydrogens (tertiary/aromatic N) is 4. The molecule has 0 bridgehead atoms. The van der Waals surface area contributed by atoms with Gasteiger partial charge in [-0.2, -0.15) is 4.68 Å². The van der Waals surface area contributed by atoms with Crippen molar-refractivity contribution in [3.05, 3.63) is 34.6 Å². The molecule has 0 unspecified atom stereocenters. The third-order valence-corrected chi connectivity index (χ3v) is 2.85. The van der Waals surface area contributed by atoms with Crippen LogP contribution >= 0.6 is 15.9 Å². The summed E-state index contributed by atoms with van der Waals surface area (Å²) in [7, 11) is 1.46. The number of hydrogen-bond acceptors (Lipinski definition) is 5. The summed E-state index contributed by atoms with van der Waals surface area (Å²) in [6.07, 6.45) is 0. The van der Waals surface area contributed by atoms with Gasteiger partial charge >= 0.3 is 0 Å². The average Bonchev–Trinajstić information content (AvgIpc) is 2.86. The number of amides is 1. The molecule has 2 aromatic rings. The molecule has 1 N–H and O–H groups in total. The number of aromatic nitrogens is 4. The van der Waals surface area contributed by atoms with Gasteiger partial charge in [0.15, 0.2) is 5.82 Å². The number of methoxy groups -OCH3 is 1. The van der Waals surface area contributed by atoms with Crippen molar-refractivity contribution in [2.75, 3.05) is 13.7 Å². The first-order chi connectivity index (χ1) is 9.20. The number of carbonyl (C=O) groups is 1. The van der Waals surface area contributed by atoms with Crippen LogP contribution < -0.4 is 5.32 Å². The molecule has 0 aliphatic heterocycles. The highest BCUT2D eigenvalue weighted by atomic mass is 79.9. The Morgan fingerprint density at radius 3 is 2.84 bits per heavy atom. The summed E-state index contributed by atoms with van der Waals surface area (Å²) < 4.78 is 7.27. The van der Waals surface area contributed by atoms with Crippen LogP contribution in [0.1, 0.15) is 5.82 Å². The fourth-order valence-electron chi connectivity index (χ4n) is 1.46. The van der Waals surface area contributed by atoms with Gasteiger partial charge < -0.3 is 10.1 Å². The summed E-state index contributed by atoms with van der Waals surface area (Å²) in [4.78, 5) is 11.3. The van der Waals surface area contributed by atoms with Crippen LogP contribution in [0.5, 0.6) is 0 Å². The van der Waals surface area contributed by atoms with Gasteiger partial charge in [0.25, 0.3) is 0 Å². The second-order valence-electron chi connectivity index (χ2n) is 3.69. The maximum atomic E-state index is 11.3. The molecule has 2 rings (SSSR count). The lowest BCUT2D eigenvalue weighted by atomic mass is 10.3. The molecular formula is C11H12BrN5O2. The van der Waals surface area contributed by atoms with Crippen LogP contribution in [-0.4, -0.2) is 39.8 Å². The Kier molecular flexibility index (Phi) is 4.58. The lowest BCUT2D eigenvalue weighted by Gasteiger charge is -2.06. The predicted octanol–water partition coefficient (Wildman–Crippen LogP) is 0.687. The number of nitrogens with one attached hydrogen (secondary N) is 1. The van der Waals surface area contributed by atoms with E-state index >= 15 is 0 Å². The van der Waals surface area contributed by atoms with E-state index < -0.39 is 0 Å². The van der Waals surface area contributed by atoms with E-state index in [0.717, 1.165) is 10.2 Å². The topological polar surface area (TPSA) is 81.9 Å². The monoisotopic (exact) mass is 325 g/mol. The molecule has 0 saturated heterocycles. The van der Waals surface area contributed by atoms with Crippen molar-refractivity contribution in [1.29, 1.82) is 0 Å². The third-order valence-electron chi connectivity index (χ3n) is 2.32. The van der Waals surface area contributed by atoms with Crippen molar-refractivity contribution >= 4 is 21.8 Å². The van der Waals surface area contributed by atoms with Gasteiger partial charge in [-0.3, -0.25) is 4.79 Å². The quantitative estimate of drug-likeness (QED) is 0.874. The second kappa shape index (κ2) is 6.39. The molecule has 0 spiro atoms. The van der Waals surface area contributed by atoms with Gasteiger partial charge in [-0.15, -0.1) is 5.10 Å². The zero-order valence-electron chi connectivity index (χ0n) is 10.2. The fraction of sp³-hybridized carbons (Fsp3) is 0.273. The van der Waals surface area contributed by atoms with Crippen molar-refractivity contribution in [1.82, 2.24) is 25.5 Å². The maximum Gasteiger partial charge on any atom is 0.246 e. The van der Waals surface area contributed by atoms with Crippen molar-refractivity contribution < 1.29 is 9.53 Å². The van der Waals surface area contributed by atoms with E-state index in [-0.39, 0.29) is 19.1 Å². The van der Waals surface area contributed by atoms with Crippen LogP contribution in [0.3, 0.4) is 0 Å². The molecule has 7 nitrogen and oxygen atoms in total. The Balaban J connectivity index is 2.09. The number of tetrazole rings is 1. The Morgan fingerprint density at radius 2 is 2.16 bits per heavy atom. The first kappa shape index (κ1) is 13.6. The molecule has 0 aliphatic rings. The zero-order valence-corrected chi connectivity index (χ0v) is 11.8. The highest BCUT2D eigenvalue weighted by Gasteiger charge is 2.09. The molecule has 0 saturated carbocycles. The first-order valence-electron chi connectivity index (χ1n) is 5.49. The summed E-state index contributed by atoms with van der Waals surface area (Å²) in [5.74, 6) is 0.333. The summed E-state index contributed by atoms with van der Waals surface area (Å²) >= 11 is 3.36. The van der Waals surface area contributed by atoms with E-state index in [0.29, 0.717) is 5.82 Å². The molecule has 0 fully saturated rings. The van der Waals surface area contributed by atoms with E-state index in [1.165, 1.54) is 7.11 Å². The molecule has 8 heteroatoms. The van der Waals surface area contributed by atoms with Crippen molar-refractivity contribution in [2.24, 2.45) is 0 Å². The molecule has 1 aromatic heterocycles. The van der Waals surface area contributed by atoms with E-state index in [9.17, 15) is 4.79 Å². The van der Waals surface area contributed by atoms with Crippen LogP contribution in [-0.2, 0) is 16.1 Å². The molecule has 0 aliphatic carbocycles. The number of rotatable bonds is 5. The number of ether oxygens (including phenoxy) is 1. The molecule has 0 atom stereocenters. The Labute approximate surface area is 118 Å². The highest BCUT2D eigenvalue weighted by molar-refractivity contribution is 9.10. The number of hydrogen-bond donors (Lipinski definition) is 1. The van der Waals surface area contributed by atoms with E-state index in [1.54, 1.807) is 4.68 Å². The van der Waals surface area contributed by atoms with Gasteiger partial charge in [0, 0.05) is 11.6 Å². The molecular weight excluding hydrogens is 314 g/mol. The van der Waals surface area contributed by atoms with Gasteiger partial charge in [0.1, 0.15) is 6.61 Å². The minimum absolute atomic E-state index is 0.0137. The average molecular weight is 326 g/mol. The van der Waals surface area contributed by atoms with Crippen molar-refractivity contribution in [3.63, 3.8) is 0 Å². The Hall–Kier alpha value is -1.80. The summed E-state index contributed by atoms with van der Waals surface area (Å²) in [6.45, 7) is 0.255. The maximum absolute atomic E-state index is 11.3. The van der Waals surface area contributed by atoms with E-state index in [2.05, 4.69) is 36.8 Å². The lowest BCUT2D eigenvalue weighted by molar-refractivity contribution is -0.124. The van der Waals surface area contributed by atoms with Crippen molar-refractivity contribution in [2.45, 2.75) is 6.54 Å². The van der Waals surface area contributed by atoms with Gasteiger partial charge in [0.2, 0.25) is 5.91 Å². The normalized spacial score (nSPS) is 10.4. The minimum Gasteiger partial charge on any atom is -0.375 e. The Morgan fingerprint density at radius 1 is 1.42 bits per heavy atom. The van der Waals surface area contributed by atoms with Gasteiger partial charge in [0.05, 0.1) is 12.2 Å². The van der Waals surface area contributed by atoms with Gasteiger partial charge in [-0.05, 0) is 34.7 Å². The minimum atomic E-state index is -0.215. The molecule has 0 radical (unpaired) electrons. The van der Waals surface area contributed by atoms with Crippen LogP contribution in [0, 0.1) is 0 Å². The molecule has 1 aromatic carbocycles. The molecule has 19 heavy (non-hydrogen) atoms. The zero-order chi connectivity index (χ0) is 13.7. The standard InChI is InChI=1S/C11H12BrN5O2/c1-19-7-11(18)13-6-10-14-15-16-17(10)9-4-2-8(12)3-5-9/h2-5H,6-7H2,1H3,(H,13,18). The SMILES string of the molecule is COCC(=O)NCc1nnnn1-c1ccc(Br)cc1. The van der Waals surface area contributed by atoms with Crippen LogP contribution in [0.2, 0.25) is 0 Å². The fourth-order valence-corrected chi connectivity index (χ4v) is 1.72. The van der Waals surface area contributed by atoms with Crippen LogP contribution in [0.25, 0.3) is 5.69 Å². The molecule has 1 heterocycles. The van der Waals surface area contributed by atoms with Crippen LogP contribution in [0.4, 0.5) is 0 Å². The summed E-state index contributed by atoms with van der Waals surface area (Å²) in [5, 5.41) is 14.1. The number of halogens is 1. The number of carbonyl (C=O) groups excluding carboxylic acids is 1. The van der Waals surface area contributed by atoms with Crippen molar-refractivity contribution in [3.8, 4) is 5.69 Å². The summed E-state index contributed by atoms with van der Waals surface area (Å²) in [5.41, 5.74) is 0.823. The molecule has 100 valence electrons. The van der Waals surface area contributed by atoms with E-state index in [4.69, 9.17) is 4.74 Å². The van der Waals surface area contributed by atoms with Crippen LogP contribution in [0.15, 0.2) is 28.7 Å². The number of benzene rings is 1. The second-order valence-corrected chi connectivity index (χ2v) is 4.61. The van der Waals surface area contributed by atoms with Gasteiger partial charge in [-0.1, -0.05) is 15.9 Å². The van der Waals surface area contributed by atoms with Gasteiger partial charge in [-0.25, -0.2) is 0 Å². The smallest absolute Gasteiger partial charge is 0.246 e. The summed E-state index contributed by atoms with van der Waals surface area (Å²) in [6, 6.07) is 7.54. The largest absolute Gasteiger partial charge is 0.375 e. The molecule has 1 amide bonds. The highest BCUT2D eigenvalue weighted by Crippen LogP contribution is 2.13. The third kappa shape index (κ3) is 3.58. The predicted molar refractivity (Wildman–Crippen MR) is 70.6 cm³/mol. The lowest BCUT2D eigenvalue weighted by Crippen LogP contribution is -2.28. The Bertz CT molecular complexity index is 554.